The molecule has 48 heavy (non-hydrogen) atoms. The Morgan fingerprint density at radius 1 is 0.896 bits per heavy atom. The Morgan fingerprint density at radius 3 is 2.33 bits per heavy atom. The summed E-state index contributed by atoms with van der Waals surface area (Å²) < 4.78 is 8.47. The fourth-order valence-electron chi connectivity index (χ4n) is 5.71. The fourth-order valence-corrected chi connectivity index (χ4v) is 6.90. The molecule has 0 saturated carbocycles. The highest BCUT2D eigenvalue weighted by Crippen LogP contribution is 2.44. The van der Waals surface area contributed by atoms with Crippen LogP contribution in [-0.4, -0.2) is 35.5 Å². The number of aromatic nitrogens is 3. The van der Waals surface area contributed by atoms with Crippen LogP contribution in [0.25, 0.3) is 33.1 Å². The number of carboxylic acid groups (broad SMARTS) is 1. The van der Waals surface area contributed by atoms with Gasteiger partial charge in [0.1, 0.15) is 12.4 Å². The topological polar surface area (TPSA) is 97.5 Å². The number of hydrogen-bond donors (Lipinski definition) is 2. The van der Waals surface area contributed by atoms with Crippen LogP contribution in [0.5, 0.6) is 5.75 Å². The summed E-state index contributed by atoms with van der Waals surface area (Å²) in [5.74, 6) is -0.0968. The molecule has 8 heteroatoms. The van der Waals surface area contributed by atoms with Crippen molar-refractivity contribution < 1.29 is 19.7 Å². The lowest BCUT2D eigenvalue weighted by molar-refractivity contribution is -0.146. The molecule has 0 bridgehead atoms. The second-order valence-corrected chi connectivity index (χ2v) is 15.6. The van der Waals surface area contributed by atoms with E-state index in [1.54, 1.807) is 31.8 Å². The number of benzene rings is 3. The quantitative estimate of drug-likeness (QED) is 0.134. The number of carboxylic acids is 1. The number of fused-ring (bicyclic) bond motifs is 2. The number of aliphatic hydroxyl groups excluding tert-OH is 1. The predicted octanol–water partition coefficient (Wildman–Crippen LogP) is 8.92. The third-order valence-electron chi connectivity index (χ3n) is 8.33. The molecule has 3 heterocycles. The van der Waals surface area contributed by atoms with Gasteiger partial charge in [-0.25, -0.2) is 4.98 Å². The second-order valence-electron chi connectivity index (χ2n) is 13.8. The van der Waals surface area contributed by atoms with Crippen molar-refractivity contribution in [3.8, 4) is 17.0 Å². The van der Waals surface area contributed by atoms with Crippen LogP contribution in [0.15, 0.2) is 102 Å². The van der Waals surface area contributed by atoms with E-state index >= 15 is 0 Å². The monoisotopic (exact) mass is 659 g/mol. The molecule has 3 aromatic heterocycles. The average molecular weight is 660 g/mol. The molecule has 0 saturated heterocycles. The molecule has 246 valence electrons. The van der Waals surface area contributed by atoms with Gasteiger partial charge >= 0.3 is 5.97 Å². The first-order chi connectivity index (χ1) is 22.9. The van der Waals surface area contributed by atoms with Crippen LogP contribution in [0.2, 0.25) is 0 Å². The minimum Gasteiger partial charge on any atom is -0.487 e. The van der Waals surface area contributed by atoms with Crippen LogP contribution in [0.1, 0.15) is 57.1 Å². The SMILES string of the molecule is CC(C)(C)Sc1c(CC(C)(C)C(=O)O)n(Cc2ccc(-c3ccc(CO)cn3)cc2)c2ccc(OCc3ccc4ccccc4n3)cc12. The summed E-state index contributed by atoms with van der Waals surface area (Å²) in [7, 11) is 0. The summed E-state index contributed by atoms with van der Waals surface area (Å²) in [6.07, 6.45) is 2.06. The molecule has 0 spiro atoms. The first-order valence-electron chi connectivity index (χ1n) is 16.1. The van der Waals surface area contributed by atoms with Crippen molar-refractivity contribution >= 4 is 39.5 Å². The van der Waals surface area contributed by atoms with E-state index in [-0.39, 0.29) is 11.4 Å². The molecule has 6 aromatic rings. The molecule has 0 aliphatic heterocycles. The molecule has 0 radical (unpaired) electrons. The normalized spacial score (nSPS) is 12.1. The van der Waals surface area contributed by atoms with Crippen LogP contribution >= 0.6 is 11.8 Å². The molecule has 0 atom stereocenters. The van der Waals surface area contributed by atoms with Gasteiger partial charge in [-0.05, 0) is 61.4 Å². The zero-order chi connectivity index (χ0) is 34.1. The molecule has 0 unspecified atom stereocenters. The Morgan fingerprint density at radius 2 is 1.65 bits per heavy atom. The van der Waals surface area contributed by atoms with Crippen LogP contribution in [0, 0.1) is 5.41 Å². The van der Waals surface area contributed by atoms with E-state index in [1.807, 2.05) is 48.5 Å². The maximum Gasteiger partial charge on any atom is 0.309 e. The summed E-state index contributed by atoms with van der Waals surface area (Å²) in [6, 6.07) is 30.4. The van der Waals surface area contributed by atoms with Crippen molar-refractivity contribution in [2.24, 2.45) is 5.41 Å². The Hall–Kier alpha value is -4.66. The van der Waals surface area contributed by atoms with Crippen molar-refractivity contribution in [3.05, 3.63) is 120 Å². The number of aliphatic carboxylic acids is 1. The predicted molar refractivity (Wildman–Crippen MR) is 193 cm³/mol. The summed E-state index contributed by atoms with van der Waals surface area (Å²) in [5.41, 5.74) is 6.52. The zero-order valence-corrected chi connectivity index (χ0v) is 28.8. The van der Waals surface area contributed by atoms with Gasteiger partial charge in [-0.1, -0.05) is 75.4 Å². The van der Waals surface area contributed by atoms with Gasteiger partial charge in [0, 0.05) is 56.4 Å². The number of para-hydroxylation sites is 1. The van der Waals surface area contributed by atoms with E-state index < -0.39 is 11.4 Å². The molecule has 7 nitrogen and oxygen atoms in total. The van der Waals surface area contributed by atoms with Gasteiger partial charge in [0.15, 0.2) is 0 Å². The van der Waals surface area contributed by atoms with E-state index in [0.717, 1.165) is 66.2 Å². The van der Waals surface area contributed by atoms with Crippen molar-refractivity contribution in [2.45, 2.75) is 70.4 Å². The van der Waals surface area contributed by atoms with Crippen LogP contribution in [0.3, 0.4) is 0 Å². The summed E-state index contributed by atoms with van der Waals surface area (Å²) >= 11 is 1.76. The van der Waals surface area contributed by atoms with Gasteiger partial charge in [0.2, 0.25) is 0 Å². The Bertz CT molecular complexity index is 2080. The summed E-state index contributed by atoms with van der Waals surface area (Å²) in [5, 5.41) is 21.7. The molecule has 2 N–H and O–H groups in total. The third-order valence-corrected chi connectivity index (χ3v) is 9.60. The van der Waals surface area contributed by atoms with Gasteiger partial charge in [0.05, 0.1) is 28.9 Å². The van der Waals surface area contributed by atoms with E-state index in [0.29, 0.717) is 19.6 Å². The molecular weight excluding hydrogens is 619 g/mol. The Balaban J connectivity index is 1.38. The lowest BCUT2D eigenvalue weighted by Crippen LogP contribution is -2.28. The van der Waals surface area contributed by atoms with Gasteiger partial charge in [0.25, 0.3) is 0 Å². The molecule has 0 aliphatic rings. The molecule has 6 rings (SSSR count). The van der Waals surface area contributed by atoms with Crippen LogP contribution < -0.4 is 4.74 Å². The fraction of sp³-hybridized carbons (Fsp3) is 0.275. The second kappa shape index (κ2) is 13.5. The molecular formula is C40H41N3O4S. The first kappa shape index (κ1) is 33.2. The first-order valence-corrected chi connectivity index (χ1v) is 16.9. The third kappa shape index (κ3) is 7.40. The average Bonchev–Trinajstić information content (AvgIpc) is 3.33. The summed E-state index contributed by atoms with van der Waals surface area (Å²) in [4.78, 5) is 22.8. The molecule has 0 amide bonds. The number of carbonyl (C=O) groups is 1. The highest BCUT2D eigenvalue weighted by molar-refractivity contribution is 8.00. The minimum atomic E-state index is -0.976. The number of ether oxygens (including phenoxy) is 1. The minimum absolute atomic E-state index is 0.0389. The Labute approximate surface area is 285 Å². The zero-order valence-electron chi connectivity index (χ0n) is 28.0. The van der Waals surface area contributed by atoms with Crippen LogP contribution in [-0.2, 0) is 31.0 Å². The van der Waals surface area contributed by atoms with Crippen LogP contribution in [0.4, 0.5) is 0 Å². The number of pyridine rings is 2. The largest absolute Gasteiger partial charge is 0.487 e. The molecule has 3 aromatic carbocycles. The molecule has 0 aliphatic carbocycles. The maximum absolute atomic E-state index is 12.4. The highest BCUT2D eigenvalue weighted by atomic mass is 32.2. The number of hydrogen-bond acceptors (Lipinski definition) is 6. The van der Waals surface area contributed by atoms with E-state index in [4.69, 9.17) is 9.72 Å². The molecule has 0 fully saturated rings. The number of aliphatic hydroxyl groups is 1. The van der Waals surface area contributed by atoms with E-state index in [9.17, 15) is 15.0 Å². The van der Waals surface area contributed by atoms with Crippen molar-refractivity contribution in [1.82, 2.24) is 14.5 Å². The lowest BCUT2D eigenvalue weighted by Gasteiger charge is -2.24. The number of thioether (sulfide) groups is 1. The van der Waals surface area contributed by atoms with Gasteiger partial charge in [-0.3, -0.25) is 9.78 Å². The number of rotatable bonds is 11. The smallest absolute Gasteiger partial charge is 0.309 e. The van der Waals surface area contributed by atoms with Crippen molar-refractivity contribution in [2.75, 3.05) is 0 Å². The van der Waals surface area contributed by atoms with E-state index in [1.165, 1.54) is 0 Å². The maximum atomic E-state index is 12.4. The standard InChI is InChI=1S/C40H41N3O4S/c1-39(2,3)48-37-32-20-31(47-25-30-16-15-28-8-6-7-9-34(28)42-30)17-19-35(32)43(36(37)21-40(4,5)38(45)46)23-26-10-13-29(14-11-26)33-18-12-27(24-44)22-41-33/h6-20,22,44H,21,23-25H2,1-5H3,(H,45,46). The van der Waals surface area contributed by atoms with Gasteiger partial charge in [-0.15, -0.1) is 11.8 Å². The highest BCUT2D eigenvalue weighted by Gasteiger charge is 2.33. The number of nitrogens with zero attached hydrogens (tertiary/aromatic N) is 3. The lowest BCUT2D eigenvalue weighted by atomic mass is 9.88. The van der Waals surface area contributed by atoms with Gasteiger partial charge in [-0.2, -0.15) is 0 Å². The van der Waals surface area contributed by atoms with E-state index in [2.05, 4.69) is 72.8 Å². The summed E-state index contributed by atoms with van der Waals surface area (Å²) in [6.45, 7) is 11.0. The van der Waals surface area contributed by atoms with Gasteiger partial charge < -0.3 is 19.5 Å². The van der Waals surface area contributed by atoms with Crippen molar-refractivity contribution in [3.63, 3.8) is 0 Å². The Kier molecular flexibility index (Phi) is 9.32. The van der Waals surface area contributed by atoms with Crippen molar-refractivity contribution in [1.29, 1.82) is 0 Å².